The quantitative estimate of drug-likeness (QED) is 0.759. The molecular weight excluding hydrogens is 344 g/mol. The first kappa shape index (κ1) is 17.0. The van der Waals surface area contributed by atoms with Crippen molar-refractivity contribution in [2.75, 3.05) is 13.1 Å². The molecule has 0 bridgehead atoms. The predicted molar refractivity (Wildman–Crippen MR) is 98.0 cm³/mol. The van der Waals surface area contributed by atoms with E-state index in [1.165, 1.54) is 6.07 Å². The Morgan fingerprint density at radius 2 is 1.85 bits per heavy atom. The second-order valence-corrected chi connectivity index (χ2v) is 6.41. The number of hydrogen-bond acceptors (Lipinski definition) is 6. The number of hydrogen-bond donors (Lipinski definition) is 1. The summed E-state index contributed by atoms with van der Waals surface area (Å²) < 4.78 is 0. The van der Waals surface area contributed by atoms with Gasteiger partial charge < -0.3 is 9.88 Å². The van der Waals surface area contributed by atoms with Crippen LogP contribution in [0.2, 0.25) is 0 Å². The van der Waals surface area contributed by atoms with Crippen LogP contribution in [0.3, 0.4) is 0 Å². The van der Waals surface area contributed by atoms with Gasteiger partial charge in [-0.1, -0.05) is 0 Å². The molecule has 0 aliphatic carbocycles. The molecule has 0 spiro atoms. The first-order valence-corrected chi connectivity index (χ1v) is 8.77. The molecule has 1 aliphatic rings. The molecule has 0 unspecified atom stereocenters. The van der Waals surface area contributed by atoms with Crippen molar-refractivity contribution >= 4 is 5.91 Å². The zero-order chi connectivity index (χ0) is 18.6. The molecule has 27 heavy (non-hydrogen) atoms. The molecule has 8 nitrogen and oxygen atoms in total. The molecule has 1 fully saturated rings. The van der Waals surface area contributed by atoms with Crippen molar-refractivity contribution in [3.63, 3.8) is 0 Å². The van der Waals surface area contributed by atoms with Gasteiger partial charge in [0.25, 0.3) is 11.5 Å². The number of nitrogens with zero attached hydrogens (tertiary/aromatic N) is 5. The smallest absolute Gasteiger partial charge is 0.253 e. The lowest BCUT2D eigenvalue weighted by Crippen LogP contribution is -2.38. The Balaban J connectivity index is 1.49. The van der Waals surface area contributed by atoms with Crippen LogP contribution in [-0.2, 0) is 0 Å². The van der Waals surface area contributed by atoms with Gasteiger partial charge in [0.05, 0.1) is 11.9 Å². The minimum absolute atomic E-state index is 0.00923. The average Bonchev–Trinajstić information content (AvgIpc) is 2.74. The number of aromatic nitrogens is 5. The van der Waals surface area contributed by atoms with E-state index in [4.69, 9.17) is 0 Å². The Morgan fingerprint density at radius 1 is 1.07 bits per heavy atom. The number of rotatable bonds is 3. The largest absolute Gasteiger partial charge is 0.339 e. The highest BCUT2D eigenvalue weighted by Gasteiger charge is 2.26. The molecule has 1 aliphatic heterocycles. The lowest BCUT2D eigenvalue weighted by Gasteiger charge is -2.31. The van der Waals surface area contributed by atoms with E-state index in [2.05, 4.69) is 24.9 Å². The molecule has 1 saturated heterocycles. The van der Waals surface area contributed by atoms with Gasteiger partial charge in [-0.05, 0) is 25.0 Å². The number of piperidine rings is 1. The zero-order valence-electron chi connectivity index (χ0n) is 14.6. The maximum atomic E-state index is 12.5. The Kier molecular flexibility index (Phi) is 4.69. The first-order valence-electron chi connectivity index (χ1n) is 8.77. The maximum Gasteiger partial charge on any atom is 0.253 e. The van der Waals surface area contributed by atoms with Gasteiger partial charge in [0.2, 0.25) is 0 Å². The molecule has 4 heterocycles. The number of amides is 1. The van der Waals surface area contributed by atoms with Gasteiger partial charge in [0.1, 0.15) is 5.69 Å². The number of nitrogens with one attached hydrogen (secondary N) is 1. The Labute approximate surface area is 155 Å². The summed E-state index contributed by atoms with van der Waals surface area (Å²) in [6.45, 7) is 1.25. The molecular formula is C19H18N6O2. The van der Waals surface area contributed by atoms with Crippen molar-refractivity contribution in [3.05, 3.63) is 70.8 Å². The number of H-pyrrole nitrogens is 1. The van der Waals surface area contributed by atoms with E-state index in [0.29, 0.717) is 30.2 Å². The van der Waals surface area contributed by atoms with E-state index in [9.17, 15) is 9.59 Å². The Bertz CT molecular complexity index is 982. The minimum atomic E-state index is -0.212. The summed E-state index contributed by atoms with van der Waals surface area (Å²) in [7, 11) is 0. The molecule has 3 aromatic rings. The number of carbonyl (C=O) groups excluding carboxylic acids is 1. The van der Waals surface area contributed by atoms with Crippen molar-refractivity contribution in [3.8, 4) is 11.5 Å². The first-order chi connectivity index (χ1) is 13.2. The molecule has 0 saturated carbocycles. The van der Waals surface area contributed by atoms with Crippen LogP contribution < -0.4 is 5.56 Å². The van der Waals surface area contributed by atoms with Crippen LogP contribution in [0.15, 0.2) is 54.0 Å². The SMILES string of the molecule is O=C(c1ccncc1)N1CCC(c2cc(=O)[nH]c(-c3cnccn3)n2)CC1. The molecule has 8 heteroatoms. The van der Waals surface area contributed by atoms with Crippen LogP contribution in [0.4, 0.5) is 0 Å². The van der Waals surface area contributed by atoms with Crippen LogP contribution in [0.5, 0.6) is 0 Å². The normalized spacial score (nSPS) is 14.9. The van der Waals surface area contributed by atoms with Gasteiger partial charge in [-0.3, -0.25) is 19.6 Å². The summed E-state index contributed by atoms with van der Waals surface area (Å²) >= 11 is 0. The van der Waals surface area contributed by atoms with Gasteiger partial charge in [-0.25, -0.2) is 9.97 Å². The highest BCUT2D eigenvalue weighted by atomic mass is 16.2. The van der Waals surface area contributed by atoms with Crippen molar-refractivity contribution in [1.29, 1.82) is 0 Å². The lowest BCUT2D eigenvalue weighted by molar-refractivity contribution is 0.0712. The molecule has 4 rings (SSSR count). The summed E-state index contributed by atoms with van der Waals surface area (Å²) in [6, 6.07) is 4.98. The second-order valence-electron chi connectivity index (χ2n) is 6.41. The fourth-order valence-corrected chi connectivity index (χ4v) is 3.28. The minimum Gasteiger partial charge on any atom is -0.339 e. The second kappa shape index (κ2) is 7.45. The van der Waals surface area contributed by atoms with Crippen LogP contribution in [0, 0.1) is 0 Å². The fourth-order valence-electron chi connectivity index (χ4n) is 3.28. The van der Waals surface area contributed by atoms with Crippen molar-refractivity contribution in [1.82, 2.24) is 29.8 Å². The van der Waals surface area contributed by atoms with E-state index in [-0.39, 0.29) is 17.4 Å². The fraction of sp³-hybridized carbons (Fsp3) is 0.263. The number of aromatic amines is 1. The van der Waals surface area contributed by atoms with Gasteiger partial charge in [-0.15, -0.1) is 0 Å². The highest BCUT2D eigenvalue weighted by Crippen LogP contribution is 2.27. The zero-order valence-corrected chi connectivity index (χ0v) is 14.6. The van der Waals surface area contributed by atoms with Gasteiger partial charge in [-0.2, -0.15) is 0 Å². The summed E-state index contributed by atoms with van der Waals surface area (Å²) in [4.78, 5) is 45.9. The predicted octanol–water partition coefficient (Wildman–Crippen LogP) is 1.64. The number of likely N-dealkylation sites (tertiary alicyclic amines) is 1. The molecule has 0 radical (unpaired) electrons. The molecule has 1 amide bonds. The third-order valence-corrected chi connectivity index (χ3v) is 4.69. The lowest BCUT2D eigenvalue weighted by atomic mass is 9.93. The standard InChI is InChI=1S/C19H18N6O2/c26-17-11-15(23-18(24-17)16-12-21-7-8-22-16)13-3-9-25(10-4-13)19(27)14-1-5-20-6-2-14/h1-2,5-8,11-13H,3-4,9-10H2,(H,23,24,26). The van der Waals surface area contributed by atoms with Gasteiger partial charge in [0.15, 0.2) is 5.82 Å². The summed E-state index contributed by atoms with van der Waals surface area (Å²) in [6.07, 6.45) is 9.45. The van der Waals surface area contributed by atoms with E-state index in [0.717, 1.165) is 18.5 Å². The van der Waals surface area contributed by atoms with E-state index in [1.807, 2.05) is 4.90 Å². The van der Waals surface area contributed by atoms with Crippen molar-refractivity contribution in [2.24, 2.45) is 0 Å². The van der Waals surface area contributed by atoms with Crippen molar-refractivity contribution < 1.29 is 4.79 Å². The molecule has 0 aromatic carbocycles. The number of carbonyl (C=O) groups is 1. The van der Waals surface area contributed by atoms with E-state index in [1.54, 1.807) is 43.1 Å². The highest BCUT2D eigenvalue weighted by molar-refractivity contribution is 5.94. The summed E-state index contributed by atoms with van der Waals surface area (Å²) in [5.41, 5.74) is 1.69. The average molecular weight is 362 g/mol. The Hall–Kier alpha value is -3.42. The van der Waals surface area contributed by atoms with E-state index < -0.39 is 0 Å². The molecule has 136 valence electrons. The number of pyridine rings is 1. The third-order valence-electron chi connectivity index (χ3n) is 4.69. The van der Waals surface area contributed by atoms with Crippen LogP contribution in [-0.4, -0.2) is 48.8 Å². The van der Waals surface area contributed by atoms with E-state index >= 15 is 0 Å². The molecule has 0 atom stereocenters. The topological polar surface area (TPSA) is 105 Å². The third kappa shape index (κ3) is 3.74. The maximum absolute atomic E-state index is 12.5. The monoisotopic (exact) mass is 362 g/mol. The van der Waals surface area contributed by atoms with Crippen LogP contribution in [0.1, 0.15) is 34.8 Å². The van der Waals surface area contributed by atoms with Crippen LogP contribution in [0.25, 0.3) is 11.5 Å². The summed E-state index contributed by atoms with van der Waals surface area (Å²) in [5.74, 6) is 0.556. The van der Waals surface area contributed by atoms with Crippen LogP contribution >= 0.6 is 0 Å². The molecule has 1 N–H and O–H groups in total. The molecule has 3 aromatic heterocycles. The van der Waals surface area contributed by atoms with Crippen molar-refractivity contribution in [2.45, 2.75) is 18.8 Å². The summed E-state index contributed by atoms with van der Waals surface area (Å²) in [5, 5.41) is 0. The van der Waals surface area contributed by atoms with Gasteiger partial charge >= 0.3 is 0 Å². The Morgan fingerprint density at radius 3 is 2.56 bits per heavy atom. The van der Waals surface area contributed by atoms with Gasteiger partial charge in [0, 0.05) is 55.4 Å².